The molecule has 0 aromatic heterocycles. The molecule has 0 rings (SSSR count). The summed E-state index contributed by atoms with van der Waals surface area (Å²) >= 11 is 0. The fraction of sp³-hybridized carbons (Fsp3) is 1.00. The molecule has 0 aromatic rings. The SMILES string of the molecule is CCCCCCCCCCCCCCCCCCO[Si]([O-])([O-])[O-].[Na+].[Na+].[Na+]. The van der Waals surface area contributed by atoms with Gasteiger partial charge in [0.05, 0.1) is 0 Å². The summed E-state index contributed by atoms with van der Waals surface area (Å²) < 4.78 is 4.22. The predicted molar refractivity (Wildman–Crippen MR) is 91.3 cm³/mol. The van der Waals surface area contributed by atoms with Crippen LogP contribution in [0.2, 0.25) is 0 Å². The molecule has 0 amide bonds. The summed E-state index contributed by atoms with van der Waals surface area (Å²) in [6.07, 6.45) is 20.4. The van der Waals surface area contributed by atoms with E-state index in [0.717, 1.165) is 12.8 Å². The van der Waals surface area contributed by atoms with E-state index in [1.165, 1.54) is 83.5 Å². The minimum Gasteiger partial charge on any atom is -0.861 e. The summed E-state index contributed by atoms with van der Waals surface area (Å²) in [5.74, 6) is 0. The van der Waals surface area contributed by atoms with Crippen LogP contribution in [0.5, 0.6) is 0 Å². The Morgan fingerprint density at radius 1 is 0.500 bits per heavy atom. The first-order valence-electron chi connectivity index (χ1n) is 9.81. The molecular weight excluding hydrogens is 377 g/mol. The number of hydrogen-bond donors (Lipinski definition) is 0. The number of hydrogen-bond acceptors (Lipinski definition) is 4. The summed E-state index contributed by atoms with van der Waals surface area (Å²) in [4.78, 5) is 30.8. The molecule has 0 aromatic carbocycles. The van der Waals surface area contributed by atoms with Gasteiger partial charge in [0, 0.05) is 6.61 Å². The van der Waals surface area contributed by atoms with Crippen molar-refractivity contribution >= 4 is 9.05 Å². The van der Waals surface area contributed by atoms with Crippen molar-refractivity contribution in [2.24, 2.45) is 0 Å². The van der Waals surface area contributed by atoms with E-state index in [-0.39, 0.29) is 95.3 Å². The second-order valence-electron chi connectivity index (χ2n) is 6.65. The Morgan fingerprint density at radius 2 is 0.769 bits per heavy atom. The fourth-order valence-corrected chi connectivity index (χ4v) is 3.24. The molecule has 8 heteroatoms. The van der Waals surface area contributed by atoms with Gasteiger partial charge in [-0.05, 0) is 6.42 Å². The zero-order valence-corrected chi connectivity index (χ0v) is 25.2. The van der Waals surface area contributed by atoms with Crippen LogP contribution in [0.15, 0.2) is 0 Å². The number of unbranched alkanes of at least 4 members (excludes halogenated alkanes) is 15. The molecule has 26 heavy (non-hydrogen) atoms. The number of rotatable bonds is 18. The molecule has 0 N–H and O–H groups in total. The molecule has 0 bridgehead atoms. The normalized spacial score (nSPS) is 10.6. The Hall–Kier alpha value is 3.06. The average Bonchev–Trinajstić information content (AvgIpc) is 2.49. The van der Waals surface area contributed by atoms with E-state index in [9.17, 15) is 14.4 Å². The first kappa shape index (κ1) is 36.4. The Morgan fingerprint density at radius 3 is 1.04 bits per heavy atom. The van der Waals surface area contributed by atoms with Crippen LogP contribution in [-0.4, -0.2) is 15.7 Å². The van der Waals surface area contributed by atoms with Gasteiger partial charge >= 0.3 is 88.7 Å². The second kappa shape index (κ2) is 28.1. The van der Waals surface area contributed by atoms with E-state index in [4.69, 9.17) is 0 Å². The first-order chi connectivity index (χ1) is 11.1. The Kier molecular flexibility index (Phi) is 39.3. The van der Waals surface area contributed by atoms with Gasteiger partial charge in [0.25, 0.3) is 0 Å². The second-order valence-corrected chi connectivity index (χ2v) is 7.94. The maximum Gasteiger partial charge on any atom is 1.00 e. The van der Waals surface area contributed by atoms with E-state index in [1.807, 2.05) is 0 Å². The predicted octanol–water partition coefficient (Wildman–Crippen LogP) is -6.21. The first-order valence-corrected chi connectivity index (χ1v) is 11.4. The molecule has 0 saturated heterocycles. The Balaban J connectivity index is -0.000000807. The third-order valence-electron chi connectivity index (χ3n) is 4.28. The summed E-state index contributed by atoms with van der Waals surface area (Å²) in [5, 5.41) is 0. The van der Waals surface area contributed by atoms with Crippen LogP contribution in [0.3, 0.4) is 0 Å². The van der Waals surface area contributed by atoms with Crippen molar-refractivity contribution in [1.29, 1.82) is 0 Å². The molecule has 0 aliphatic rings. The molecular formula is C18H37Na3O4Si. The molecule has 0 atom stereocenters. The van der Waals surface area contributed by atoms with E-state index in [2.05, 4.69) is 11.3 Å². The van der Waals surface area contributed by atoms with Gasteiger partial charge < -0.3 is 18.8 Å². The van der Waals surface area contributed by atoms with Gasteiger partial charge in [-0.25, -0.2) is 0 Å². The molecule has 0 aliphatic heterocycles. The maximum absolute atomic E-state index is 10.3. The van der Waals surface area contributed by atoms with Crippen LogP contribution in [0.1, 0.15) is 110 Å². The van der Waals surface area contributed by atoms with Crippen molar-refractivity contribution < 1.29 is 107 Å². The van der Waals surface area contributed by atoms with Gasteiger partial charge in [-0.1, -0.05) is 103 Å². The molecule has 0 fully saturated rings. The van der Waals surface area contributed by atoms with Gasteiger partial charge in [-0.15, -0.1) is 9.05 Å². The standard InChI is InChI=1S/C18H37O4Si.3Na/c1-2-3-4-5-6-7-8-9-10-11-12-13-14-15-16-17-18-22-23(19,20)21;;;/h2-18H2,1H3;;;/q-3;3*+1. The molecule has 0 radical (unpaired) electrons. The fourth-order valence-electron chi connectivity index (χ4n) is 2.85. The molecule has 0 aliphatic carbocycles. The van der Waals surface area contributed by atoms with Gasteiger partial charge in [-0.2, -0.15) is 0 Å². The van der Waals surface area contributed by atoms with E-state index >= 15 is 0 Å². The monoisotopic (exact) mass is 414 g/mol. The smallest absolute Gasteiger partial charge is 0.861 e. The zero-order valence-electron chi connectivity index (χ0n) is 18.2. The molecule has 4 nitrogen and oxygen atoms in total. The van der Waals surface area contributed by atoms with Crippen molar-refractivity contribution in [3.63, 3.8) is 0 Å². The topological polar surface area (TPSA) is 78.4 Å². The van der Waals surface area contributed by atoms with Crippen LogP contribution in [0, 0.1) is 0 Å². The van der Waals surface area contributed by atoms with Crippen molar-refractivity contribution in [2.75, 3.05) is 6.61 Å². The average molecular weight is 415 g/mol. The van der Waals surface area contributed by atoms with Crippen LogP contribution in [0.25, 0.3) is 0 Å². The largest absolute Gasteiger partial charge is 1.00 e. The molecule has 0 saturated carbocycles. The van der Waals surface area contributed by atoms with Crippen LogP contribution >= 0.6 is 0 Å². The van der Waals surface area contributed by atoms with Gasteiger partial charge in [-0.3, -0.25) is 0 Å². The van der Waals surface area contributed by atoms with Crippen LogP contribution in [0.4, 0.5) is 0 Å². The Bertz CT molecular complexity index is 245. The van der Waals surface area contributed by atoms with Gasteiger partial charge in [0.1, 0.15) is 0 Å². The van der Waals surface area contributed by atoms with Crippen LogP contribution < -0.4 is 103 Å². The molecule has 0 heterocycles. The summed E-state index contributed by atoms with van der Waals surface area (Å²) in [6, 6.07) is 0. The van der Waals surface area contributed by atoms with Crippen molar-refractivity contribution in [3.8, 4) is 0 Å². The van der Waals surface area contributed by atoms with Crippen molar-refractivity contribution in [3.05, 3.63) is 0 Å². The van der Waals surface area contributed by atoms with Crippen molar-refractivity contribution in [2.45, 2.75) is 110 Å². The van der Waals surface area contributed by atoms with E-state index < -0.39 is 9.05 Å². The summed E-state index contributed by atoms with van der Waals surface area (Å²) in [5.41, 5.74) is 0. The minimum absolute atomic E-state index is 0. The van der Waals surface area contributed by atoms with Gasteiger partial charge in [0.2, 0.25) is 0 Å². The van der Waals surface area contributed by atoms with Gasteiger partial charge in [0.15, 0.2) is 0 Å². The molecule has 0 spiro atoms. The van der Waals surface area contributed by atoms with E-state index in [0.29, 0.717) is 6.42 Å². The zero-order chi connectivity index (χ0) is 17.2. The Labute approximate surface area is 230 Å². The third-order valence-corrected chi connectivity index (χ3v) is 4.83. The molecule has 0 unspecified atom stereocenters. The van der Waals surface area contributed by atoms with Crippen molar-refractivity contribution in [1.82, 2.24) is 0 Å². The quantitative estimate of drug-likeness (QED) is 0.165. The third kappa shape index (κ3) is 34.6. The minimum atomic E-state index is -5.02. The van der Waals surface area contributed by atoms with E-state index in [1.54, 1.807) is 0 Å². The summed E-state index contributed by atoms with van der Waals surface area (Å²) in [6.45, 7) is 2.32. The maximum atomic E-state index is 10.3. The summed E-state index contributed by atoms with van der Waals surface area (Å²) in [7, 11) is -5.02. The van der Waals surface area contributed by atoms with Crippen LogP contribution in [-0.2, 0) is 4.43 Å². The molecule has 140 valence electrons.